The van der Waals surface area contributed by atoms with Gasteiger partial charge in [-0.1, -0.05) is 54.2 Å². The highest BCUT2D eigenvalue weighted by Gasteiger charge is 2.20. The summed E-state index contributed by atoms with van der Waals surface area (Å²) in [5.41, 5.74) is 1.63. The lowest BCUT2D eigenvalue weighted by Crippen LogP contribution is -2.33. The normalized spacial score (nSPS) is 13.3. The van der Waals surface area contributed by atoms with Crippen LogP contribution in [0.15, 0.2) is 64.5 Å². The van der Waals surface area contributed by atoms with E-state index in [4.69, 9.17) is 0 Å². The molecule has 0 bridgehead atoms. The first-order valence-electron chi connectivity index (χ1n) is 9.02. The molecule has 2 aromatic carbocycles. The SMILES string of the molecule is CCn1c(S[C@@H](C)C(=O)N[C@H](C)c2ccccc2)nc2ccccc2c1=O. The van der Waals surface area contributed by atoms with Crippen LogP contribution in [-0.2, 0) is 11.3 Å². The average molecular weight is 382 g/mol. The van der Waals surface area contributed by atoms with Gasteiger partial charge in [0.2, 0.25) is 5.91 Å². The molecule has 0 aliphatic carbocycles. The summed E-state index contributed by atoms with van der Waals surface area (Å²) in [5.74, 6) is -0.0820. The standard InChI is InChI=1S/C21H23N3O2S/c1-4-24-20(26)17-12-8-9-13-18(17)23-21(24)27-15(3)19(25)22-14(2)16-10-6-5-7-11-16/h5-15H,4H2,1-3H3,(H,22,25)/t14-,15+/m1/s1. The number of fused-ring (bicyclic) bond motifs is 1. The minimum absolute atomic E-state index is 0.0733. The molecule has 0 unspecified atom stereocenters. The molecule has 1 N–H and O–H groups in total. The molecular weight excluding hydrogens is 358 g/mol. The molecule has 0 aliphatic heterocycles. The number of carbonyl (C=O) groups is 1. The molecule has 0 saturated heterocycles. The molecule has 27 heavy (non-hydrogen) atoms. The Bertz CT molecular complexity index is 1000. The van der Waals surface area contributed by atoms with Gasteiger partial charge in [-0.25, -0.2) is 4.98 Å². The zero-order chi connectivity index (χ0) is 19.4. The van der Waals surface area contributed by atoms with Gasteiger partial charge in [-0.15, -0.1) is 0 Å². The fourth-order valence-electron chi connectivity index (χ4n) is 2.88. The van der Waals surface area contributed by atoms with E-state index in [1.54, 1.807) is 10.6 Å². The molecule has 6 heteroatoms. The molecule has 1 heterocycles. The number of thioether (sulfide) groups is 1. The van der Waals surface area contributed by atoms with Gasteiger partial charge < -0.3 is 5.32 Å². The third-order valence-corrected chi connectivity index (χ3v) is 5.54. The summed E-state index contributed by atoms with van der Waals surface area (Å²) in [7, 11) is 0. The Balaban J connectivity index is 1.80. The number of rotatable bonds is 6. The molecular formula is C21H23N3O2S. The van der Waals surface area contributed by atoms with Crippen molar-refractivity contribution in [1.82, 2.24) is 14.9 Å². The largest absolute Gasteiger partial charge is 0.349 e. The number of benzene rings is 2. The van der Waals surface area contributed by atoms with E-state index in [0.717, 1.165) is 5.56 Å². The van der Waals surface area contributed by atoms with Crippen molar-refractivity contribution in [1.29, 1.82) is 0 Å². The van der Waals surface area contributed by atoms with Crippen LogP contribution in [0.3, 0.4) is 0 Å². The summed E-state index contributed by atoms with van der Waals surface area (Å²) < 4.78 is 1.62. The summed E-state index contributed by atoms with van der Waals surface area (Å²) in [4.78, 5) is 29.9. The van der Waals surface area contributed by atoms with E-state index < -0.39 is 0 Å². The van der Waals surface area contributed by atoms with Gasteiger partial charge in [0.15, 0.2) is 5.16 Å². The Labute approximate surface area is 162 Å². The van der Waals surface area contributed by atoms with Crippen LogP contribution in [0, 0.1) is 0 Å². The van der Waals surface area contributed by atoms with Gasteiger partial charge in [0.25, 0.3) is 5.56 Å². The van der Waals surface area contributed by atoms with Crippen molar-refractivity contribution < 1.29 is 4.79 Å². The van der Waals surface area contributed by atoms with Gasteiger partial charge >= 0.3 is 0 Å². The third-order valence-electron chi connectivity index (χ3n) is 4.45. The second-order valence-corrected chi connectivity index (χ2v) is 7.67. The lowest BCUT2D eigenvalue weighted by molar-refractivity contribution is -0.120. The zero-order valence-electron chi connectivity index (χ0n) is 15.7. The van der Waals surface area contributed by atoms with Crippen molar-refractivity contribution in [2.45, 2.75) is 43.8 Å². The van der Waals surface area contributed by atoms with Crippen LogP contribution in [0.5, 0.6) is 0 Å². The number of hydrogen-bond acceptors (Lipinski definition) is 4. The first-order chi connectivity index (χ1) is 13.0. The molecule has 0 saturated carbocycles. The van der Waals surface area contributed by atoms with Gasteiger partial charge in [0.1, 0.15) is 0 Å². The number of nitrogens with zero attached hydrogens (tertiary/aromatic N) is 2. The molecule has 0 radical (unpaired) electrons. The predicted octanol–water partition coefficient (Wildman–Crippen LogP) is 3.77. The monoisotopic (exact) mass is 381 g/mol. The van der Waals surface area contributed by atoms with Crippen LogP contribution in [0.2, 0.25) is 0 Å². The Morgan fingerprint density at radius 3 is 2.48 bits per heavy atom. The molecule has 1 amide bonds. The van der Waals surface area contributed by atoms with E-state index in [0.29, 0.717) is 22.6 Å². The van der Waals surface area contributed by atoms with E-state index in [1.165, 1.54) is 11.8 Å². The number of carbonyl (C=O) groups excluding carboxylic acids is 1. The van der Waals surface area contributed by atoms with Crippen LogP contribution >= 0.6 is 11.8 Å². The molecule has 5 nitrogen and oxygen atoms in total. The highest BCUT2D eigenvalue weighted by atomic mass is 32.2. The van der Waals surface area contributed by atoms with Crippen LogP contribution in [0.4, 0.5) is 0 Å². The van der Waals surface area contributed by atoms with Crippen molar-refractivity contribution in [3.63, 3.8) is 0 Å². The molecule has 1 aromatic heterocycles. The van der Waals surface area contributed by atoms with E-state index in [-0.39, 0.29) is 22.8 Å². The first-order valence-corrected chi connectivity index (χ1v) is 9.90. The minimum atomic E-state index is -0.373. The fraction of sp³-hybridized carbons (Fsp3) is 0.286. The van der Waals surface area contributed by atoms with E-state index in [9.17, 15) is 9.59 Å². The van der Waals surface area contributed by atoms with E-state index in [2.05, 4.69) is 10.3 Å². The Morgan fingerprint density at radius 1 is 1.11 bits per heavy atom. The Hall–Kier alpha value is -2.60. The van der Waals surface area contributed by atoms with Gasteiger partial charge in [0, 0.05) is 6.54 Å². The highest BCUT2D eigenvalue weighted by molar-refractivity contribution is 8.00. The summed E-state index contributed by atoms with van der Waals surface area (Å²) in [6, 6.07) is 17.0. The summed E-state index contributed by atoms with van der Waals surface area (Å²) in [5, 5.41) is 3.82. The fourth-order valence-corrected chi connectivity index (χ4v) is 3.87. The molecule has 2 atom stereocenters. The maximum absolute atomic E-state index is 12.7. The Morgan fingerprint density at radius 2 is 1.78 bits per heavy atom. The van der Waals surface area contributed by atoms with Gasteiger partial charge in [0.05, 0.1) is 22.2 Å². The number of para-hydroxylation sites is 1. The molecule has 0 aliphatic rings. The summed E-state index contributed by atoms with van der Waals surface area (Å²) >= 11 is 1.31. The van der Waals surface area contributed by atoms with Crippen LogP contribution < -0.4 is 10.9 Å². The van der Waals surface area contributed by atoms with E-state index >= 15 is 0 Å². The highest BCUT2D eigenvalue weighted by Crippen LogP contribution is 2.23. The summed E-state index contributed by atoms with van der Waals surface area (Å²) in [6.45, 7) is 6.21. The Kier molecular flexibility index (Phi) is 5.96. The number of nitrogens with one attached hydrogen (secondary N) is 1. The van der Waals surface area contributed by atoms with Crippen molar-refractivity contribution in [3.05, 3.63) is 70.5 Å². The number of hydrogen-bond donors (Lipinski definition) is 1. The maximum atomic E-state index is 12.7. The smallest absolute Gasteiger partial charge is 0.262 e. The molecule has 0 fully saturated rings. The lowest BCUT2D eigenvalue weighted by atomic mass is 10.1. The molecule has 140 valence electrons. The van der Waals surface area contributed by atoms with Crippen molar-refractivity contribution in [3.8, 4) is 0 Å². The summed E-state index contributed by atoms with van der Waals surface area (Å²) in [6.07, 6.45) is 0. The molecule has 3 aromatic rings. The minimum Gasteiger partial charge on any atom is -0.349 e. The van der Waals surface area contributed by atoms with Gasteiger partial charge in [-0.05, 0) is 38.5 Å². The lowest BCUT2D eigenvalue weighted by Gasteiger charge is -2.19. The first kappa shape index (κ1) is 19.2. The average Bonchev–Trinajstić information content (AvgIpc) is 2.69. The second kappa shape index (κ2) is 8.39. The third kappa shape index (κ3) is 4.22. The maximum Gasteiger partial charge on any atom is 0.262 e. The predicted molar refractivity (Wildman–Crippen MR) is 110 cm³/mol. The molecule has 3 rings (SSSR count). The topological polar surface area (TPSA) is 64.0 Å². The number of aromatic nitrogens is 2. The van der Waals surface area contributed by atoms with Gasteiger partial charge in [-0.3, -0.25) is 14.2 Å². The molecule has 0 spiro atoms. The van der Waals surface area contributed by atoms with Crippen molar-refractivity contribution in [2.75, 3.05) is 0 Å². The van der Waals surface area contributed by atoms with Crippen LogP contribution in [0.25, 0.3) is 10.9 Å². The van der Waals surface area contributed by atoms with Gasteiger partial charge in [-0.2, -0.15) is 0 Å². The number of amides is 1. The van der Waals surface area contributed by atoms with Crippen LogP contribution in [0.1, 0.15) is 32.4 Å². The van der Waals surface area contributed by atoms with Crippen molar-refractivity contribution >= 4 is 28.6 Å². The zero-order valence-corrected chi connectivity index (χ0v) is 16.5. The second-order valence-electron chi connectivity index (χ2n) is 6.36. The quantitative estimate of drug-likeness (QED) is 0.521. The van der Waals surface area contributed by atoms with Crippen LogP contribution in [-0.4, -0.2) is 20.7 Å². The van der Waals surface area contributed by atoms with E-state index in [1.807, 2.05) is 69.3 Å². The van der Waals surface area contributed by atoms with Crippen molar-refractivity contribution in [2.24, 2.45) is 0 Å².